The van der Waals surface area contributed by atoms with Crippen LogP contribution in [0.1, 0.15) is 41.4 Å². The Bertz CT molecular complexity index is 1770. The Hall–Kier alpha value is -6.44. The van der Waals surface area contributed by atoms with Gasteiger partial charge in [0.1, 0.15) is 24.7 Å². The number of fused-ring (bicyclic) bond motifs is 2. The molecule has 0 N–H and O–H groups in total. The molecule has 4 amide bonds. The Labute approximate surface area is 246 Å². The van der Waals surface area contributed by atoms with Crippen LogP contribution < -0.4 is 19.3 Å². The SMILES string of the molecule is O=C1c2ccc(OCCOc3ccc4c(c3)C(=O)N(c3ccc([N+](=O)[O-])cc3)C4=O)cc2C(=O)N1c1ccc([N+](=O)[O-])cc1. The normalized spacial score (nSPS) is 13.6. The molecule has 0 bridgehead atoms. The van der Waals surface area contributed by atoms with Gasteiger partial charge in [0.25, 0.3) is 35.0 Å². The summed E-state index contributed by atoms with van der Waals surface area (Å²) < 4.78 is 11.4. The van der Waals surface area contributed by atoms with Crippen LogP contribution in [-0.2, 0) is 0 Å². The van der Waals surface area contributed by atoms with Crippen LogP contribution in [0, 0.1) is 20.2 Å². The molecule has 4 aromatic rings. The van der Waals surface area contributed by atoms with Crippen molar-refractivity contribution in [3.05, 3.63) is 127 Å². The van der Waals surface area contributed by atoms with Gasteiger partial charge in [-0.2, -0.15) is 0 Å². The first-order chi connectivity index (χ1) is 21.1. The Morgan fingerprint density at radius 2 is 0.841 bits per heavy atom. The van der Waals surface area contributed by atoms with Gasteiger partial charge in [-0.1, -0.05) is 0 Å². The largest absolute Gasteiger partial charge is 0.490 e. The van der Waals surface area contributed by atoms with E-state index in [0.717, 1.165) is 9.80 Å². The highest BCUT2D eigenvalue weighted by atomic mass is 16.6. The fraction of sp³-hybridized carbons (Fsp3) is 0.0667. The minimum absolute atomic E-state index is 0.0336. The number of nitro benzene ring substituents is 2. The van der Waals surface area contributed by atoms with Crippen molar-refractivity contribution in [2.75, 3.05) is 23.0 Å². The zero-order chi connectivity index (χ0) is 31.1. The number of imide groups is 2. The van der Waals surface area contributed by atoms with Crippen LogP contribution in [0.3, 0.4) is 0 Å². The second-order valence-corrected chi connectivity index (χ2v) is 9.55. The van der Waals surface area contributed by atoms with Crippen molar-refractivity contribution >= 4 is 46.4 Å². The molecule has 2 heterocycles. The summed E-state index contributed by atoms with van der Waals surface area (Å²) in [7, 11) is 0. The number of nitro groups is 2. The third-order valence-electron chi connectivity index (χ3n) is 6.97. The average Bonchev–Trinajstić information content (AvgIpc) is 3.42. The highest BCUT2D eigenvalue weighted by Crippen LogP contribution is 2.33. The van der Waals surface area contributed by atoms with E-state index in [1.165, 1.54) is 84.9 Å². The van der Waals surface area contributed by atoms with Crippen LogP contribution in [-0.4, -0.2) is 46.7 Å². The number of non-ortho nitro benzene ring substituents is 2. The Morgan fingerprint density at radius 3 is 1.18 bits per heavy atom. The third kappa shape index (κ3) is 4.75. The summed E-state index contributed by atoms with van der Waals surface area (Å²) in [5.41, 5.74) is 0.609. The molecule has 218 valence electrons. The fourth-order valence-corrected chi connectivity index (χ4v) is 4.85. The maximum Gasteiger partial charge on any atom is 0.269 e. The average molecular weight is 594 g/mol. The summed E-state index contributed by atoms with van der Waals surface area (Å²) in [6.45, 7) is 0.0672. The highest BCUT2D eigenvalue weighted by molar-refractivity contribution is 6.35. The molecule has 0 radical (unpaired) electrons. The number of hydrogen-bond donors (Lipinski definition) is 0. The van der Waals surface area contributed by atoms with Crippen LogP contribution in [0.4, 0.5) is 22.7 Å². The van der Waals surface area contributed by atoms with Gasteiger partial charge >= 0.3 is 0 Å². The lowest BCUT2D eigenvalue weighted by molar-refractivity contribution is -0.385. The number of benzene rings is 4. The van der Waals surface area contributed by atoms with Crippen molar-refractivity contribution in [1.29, 1.82) is 0 Å². The number of carbonyl (C=O) groups is 4. The molecule has 14 nitrogen and oxygen atoms in total. The Balaban J connectivity index is 1.08. The molecule has 14 heteroatoms. The molecule has 0 aromatic heterocycles. The first-order valence-electron chi connectivity index (χ1n) is 12.9. The van der Waals surface area contributed by atoms with Gasteiger partial charge in [0.15, 0.2) is 0 Å². The van der Waals surface area contributed by atoms with E-state index in [1.807, 2.05) is 0 Å². The number of ether oxygens (including phenoxy) is 2. The number of carbonyl (C=O) groups excluding carboxylic acids is 4. The van der Waals surface area contributed by atoms with Gasteiger partial charge in [-0.05, 0) is 60.7 Å². The zero-order valence-corrected chi connectivity index (χ0v) is 22.4. The Morgan fingerprint density at radius 1 is 0.500 bits per heavy atom. The third-order valence-corrected chi connectivity index (χ3v) is 6.97. The van der Waals surface area contributed by atoms with Crippen molar-refractivity contribution in [3.63, 3.8) is 0 Å². The van der Waals surface area contributed by atoms with Crippen molar-refractivity contribution in [2.45, 2.75) is 0 Å². The smallest absolute Gasteiger partial charge is 0.269 e. The van der Waals surface area contributed by atoms with Gasteiger partial charge in [-0.25, -0.2) is 9.80 Å². The first-order valence-corrected chi connectivity index (χ1v) is 12.9. The van der Waals surface area contributed by atoms with Gasteiger partial charge < -0.3 is 9.47 Å². The van der Waals surface area contributed by atoms with Crippen molar-refractivity contribution in [3.8, 4) is 11.5 Å². The van der Waals surface area contributed by atoms with E-state index in [9.17, 15) is 39.4 Å². The second-order valence-electron chi connectivity index (χ2n) is 9.55. The summed E-state index contributed by atoms with van der Waals surface area (Å²) in [6.07, 6.45) is 0. The van der Waals surface area contributed by atoms with E-state index in [2.05, 4.69) is 0 Å². The van der Waals surface area contributed by atoms with E-state index in [4.69, 9.17) is 9.47 Å². The van der Waals surface area contributed by atoms with Gasteiger partial charge in [0.05, 0.1) is 43.5 Å². The highest BCUT2D eigenvalue weighted by Gasteiger charge is 2.38. The molecule has 2 aliphatic rings. The summed E-state index contributed by atoms with van der Waals surface area (Å²) in [5, 5.41) is 21.8. The van der Waals surface area contributed by atoms with Crippen LogP contribution in [0.5, 0.6) is 11.5 Å². The topological polar surface area (TPSA) is 180 Å². The van der Waals surface area contributed by atoms with E-state index >= 15 is 0 Å². The minimum Gasteiger partial charge on any atom is -0.490 e. The van der Waals surface area contributed by atoms with E-state index < -0.39 is 33.5 Å². The molecule has 0 unspecified atom stereocenters. The van der Waals surface area contributed by atoms with Gasteiger partial charge in [-0.3, -0.25) is 39.4 Å². The molecule has 6 rings (SSSR count). The summed E-state index contributed by atoms with van der Waals surface area (Å²) in [5.74, 6) is -1.72. The van der Waals surface area contributed by atoms with Crippen LogP contribution >= 0.6 is 0 Å². The quantitative estimate of drug-likeness (QED) is 0.115. The molecule has 0 atom stereocenters. The standard InChI is InChI=1S/C30H18N4O10/c35-27-23-11-9-21(15-25(23)29(37)31(27)17-1-5-19(6-2-17)33(39)40)43-13-14-44-22-10-12-24-26(16-22)30(38)32(28(24)36)18-3-7-20(8-4-18)34(41)42/h1-12,15-16H,13-14H2. The van der Waals surface area contributed by atoms with Crippen LogP contribution in [0.2, 0.25) is 0 Å². The van der Waals surface area contributed by atoms with E-state index in [1.54, 1.807) is 0 Å². The molecule has 0 aliphatic carbocycles. The van der Waals surface area contributed by atoms with Crippen LogP contribution in [0.15, 0.2) is 84.9 Å². The van der Waals surface area contributed by atoms with E-state index in [-0.39, 0.29) is 58.2 Å². The number of anilines is 2. The minimum atomic E-state index is -0.597. The van der Waals surface area contributed by atoms with Crippen molar-refractivity contribution < 1.29 is 38.5 Å². The fourth-order valence-electron chi connectivity index (χ4n) is 4.85. The zero-order valence-electron chi connectivity index (χ0n) is 22.4. The summed E-state index contributed by atoms with van der Waals surface area (Å²) in [6, 6.07) is 18.9. The molecule has 0 fully saturated rings. The van der Waals surface area contributed by atoms with Crippen molar-refractivity contribution in [1.82, 2.24) is 0 Å². The van der Waals surface area contributed by atoms with E-state index in [0.29, 0.717) is 11.5 Å². The number of nitrogens with zero attached hydrogens (tertiary/aromatic N) is 4. The molecular weight excluding hydrogens is 576 g/mol. The number of rotatable bonds is 9. The summed E-state index contributed by atoms with van der Waals surface area (Å²) >= 11 is 0. The van der Waals surface area contributed by atoms with Gasteiger partial charge in [0, 0.05) is 24.3 Å². The predicted molar refractivity (Wildman–Crippen MR) is 152 cm³/mol. The molecule has 2 aliphatic heterocycles. The molecule has 0 saturated heterocycles. The first kappa shape index (κ1) is 27.7. The maximum atomic E-state index is 13.0. The molecule has 0 saturated carbocycles. The summed E-state index contributed by atoms with van der Waals surface area (Å²) in [4.78, 5) is 74.2. The van der Waals surface area contributed by atoms with Gasteiger partial charge in [0.2, 0.25) is 0 Å². The number of hydrogen-bond acceptors (Lipinski definition) is 10. The van der Waals surface area contributed by atoms with Crippen LogP contribution in [0.25, 0.3) is 0 Å². The lowest BCUT2D eigenvalue weighted by Gasteiger charge is -2.13. The Kier molecular flexibility index (Phi) is 6.78. The second kappa shape index (κ2) is 10.8. The molecule has 0 spiro atoms. The lowest BCUT2D eigenvalue weighted by Crippen LogP contribution is -2.29. The number of amides is 4. The maximum absolute atomic E-state index is 13.0. The molecule has 44 heavy (non-hydrogen) atoms. The van der Waals surface area contributed by atoms with Gasteiger partial charge in [-0.15, -0.1) is 0 Å². The monoisotopic (exact) mass is 594 g/mol. The predicted octanol–water partition coefficient (Wildman–Crippen LogP) is 4.56. The molecule has 4 aromatic carbocycles. The van der Waals surface area contributed by atoms with Crippen molar-refractivity contribution in [2.24, 2.45) is 0 Å². The lowest BCUT2D eigenvalue weighted by atomic mass is 10.1. The molecular formula is C30H18N4O10.